The SMILES string of the molecule is CC(c1ccc(F)cc1)N(C)C(=O)COCc1nc2ccccc2s1. The van der Waals surface area contributed by atoms with Gasteiger partial charge in [-0.1, -0.05) is 24.3 Å². The Bertz CT molecular complexity index is 830. The van der Waals surface area contributed by atoms with E-state index >= 15 is 0 Å². The molecule has 4 nitrogen and oxygen atoms in total. The molecule has 0 N–H and O–H groups in total. The molecular weight excluding hydrogens is 339 g/mol. The second-order valence-electron chi connectivity index (χ2n) is 5.80. The molecule has 0 bridgehead atoms. The van der Waals surface area contributed by atoms with Crippen molar-refractivity contribution in [3.63, 3.8) is 0 Å². The molecule has 3 aromatic rings. The first-order valence-electron chi connectivity index (χ1n) is 7.98. The van der Waals surface area contributed by atoms with E-state index in [-0.39, 0.29) is 24.4 Å². The van der Waals surface area contributed by atoms with E-state index in [4.69, 9.17) is 4.74 Å². The number of halogens is 1. The number of hydrogen-bond donors (Lipinski definition) is 0. The van der Waals surface area contributed by atoms with E-state index in [2.05, 4.69) is 4.98 Å². The van der Waals surface area contributed by atoms with Gasteiger partial charge in [0.1, 0.15) is 17.4 Å². The number of thiazole rings is 1. The second-order valence-corrected chi connectivity index (χ2v) is 6.92. The number of amides is 1. The van der Waals surface area contributed by atoms with Gasteiger partial charge < -0.3 is 9.64 Å². The molecule has 0 saturated carbocycles. The van der Waals surface area contributed by atoms with Crippen molar-refractivity contribution in [2.75, 3.05) is 13.7 Å². The van der Waals surface area contributed by atoms with Crippen molar-refractivity contribution in [2.24, 2.45) is 0 Å². The maximum atomic E-state index is 13.0. The molecule has 0 aliphatic rings. The number of hydrogen-bond acceptors (Lipinski definition) is 4. The zero-order valence-electron chi connectivity index (χ0n) is 14.1. The lowest BCUT2D eigenvalue weighted by molar-refractivity contribution is -0.137. The first kappa shape index (κ1) is 17.5. The topological polar surface area (TPSA) is 42.4 Å². The highest BCUT2D eigenvalue weighted by Gasteiger charge is 2.17. The van der Waals surface area contributed by atoms with Gasteiger partial charge >= 0.3 is 0 Å². The molecule has 0 saturated heterocycles. The Morgan fingerprint density at radius 1 is 1.24 bits per heavy atom. The summed E-state index contributed by atoms with van der Waals surface area (Å²) in [7, 11) is 1.72. The predicted octanol–water partition coefficient (Wildman–Crippen LogP) is 4.17. The van der Waals surface area contributed by atoms with Gasteiger partial charge in [0.05, 0.1) is 22.9 Å². The van der Waals surface area contributed by atoms with Gasteiger partial charge in [0, 0.05) is 7.05 Å². The molecule has 0 fully saturated rings. The van der Waals surface area contributed by atoms with Gasteiger partial charge in [0.2, 0.25) is 5.91 Å². The molecular formula is C19H19FN2O2S. The van der Waals surface area contributed by atoms with E-state index in [1.54, 1.807) is 35.4 Å². The van der Waals surface area contributed by atoms with Gasteiger partial charge in [-0.2, -0.15) is 0 Å². The van der Waals surface area contributed by atoms with Gasteiger partial charge in [0.25, 0.3) is 0 Å². The van der Waals surface area contributed by atoms with Crippen molar-refractivity contribution in [1.82, 2.24) is 9.88 Å². The summed E-state index contributed by atoms with van der Waals surface area (Å²) in [5.74, 6) is -0.415. The predicted molar refractivity (Wildman–Crippen MR) is 96.9 cm³/mol. The lowest BCUT2D eigenvalue weighted by Gasteiger charge is -2.25. The third-order valence-corrected chi connectivity index (χ3v) is 5.13. The van der Waals surface area contributed by atoms with Crippen molar-refractivity contribution in [1.29, 1.82) is 0 Å². The minimum atomic E-state index is -0.288. The van der Waals surface area contributed by atoms with E-state index in [1.165, 1.54) is 12.1 Å². The van der Waals surface area contributed by atoms with Crippen molar-refractivity contribution in [2.45, 2.75) is 19.6 Å². The molecule has 1 unspecified atom stereocenters. The quantitative estimate of drug-likeness (QED) is 0.664. The summed E-state index contributed by atoms with van der Waals surface area (Å²) < 4.78 is 19.6. The highest BCUT2D eigenvalue weighted by Crippen LogP contribution is 2.22. The van der Waals surface area contributed by atoms with Gasteiger partial charge in [-0.3, -0.25) is 4.79 Å². The highest BCUT2D eigenvalue weighted by atomic mass is 32.1. The molecule has 25 heavy (non-hydrogen) atoms. The highest BCUT2D eigenvalue weighted by molar-refractivity contribution is 7.18. The number of carbonyl (C=O) groups excluding carboxylic acids is 1. The van der Waals surface area contributed by atoms with Crippen LogP contribution >= 0.6 is 11.3 Å². The number of fused-ring (bicyclic) bond motifs is 1. The fraction of sp³-hybridized carbons (Fsp3) is 0.263. The Labute approximate surface area is 149 Å². The monoisotopic (exact) mass is 358 g/mol. The smallest absolute Gasteiger partial charge is 0.248 e. The molecule has 1 atom stereocenters. The summed E-state index contributed by atoms with van der Waals surface area (Å²) in [6.07, 6.45) is 0. The third-order valence-electron chi connectivity index (χ3n) is 4.12. The fourth-order valence-electron chi connectivity index (χ4n) is 2.49. The van der Waals surface area contributed by atoms with Crippen LogP contribution in [0.3, 0.4) is 0 Å². The maximum absolute atomic E-state index is 13.0. The van der Waals surface area contributed by atoms with Crippen LogP contribution in [0.5, 0.6) is 0 Å². The molecule has 0 aliphatic heterocycles. The average molecular weight is 358 g/mol. The minimum Gasteiger partial charge on any atom is -0.364 e. The number of para-hydroxylation sites is 1. The molecule has 2 aromatic carbocycles. The summed E-state index contributed by atoms with van der Waals surface area (Å²) in [5.41, 5.74) is 1.82. The van der Waals surface area contributed by atoms with Crippen LogP contribution in [-0.4, -0.2) is 29.4 Å². The number of aromatic nitrogens is 1. The maximum Gasteiger partial charge on any atom is 0.248 e. The van der Waals surface area contributed by atoms with Crippen LogP contribution in [0.4, 0.5) is 4.39 Å². The first-order chi connectivity index (χ1) is 12.0. The summed E-state index contributed by atoms with van der Waals surface area (Å²) >= 11 is 1.57. The standard InChI is InChI=1S/C19H19FN2O2S/c1-13(14-7-9-15(20)10-8-14)22(2)19(23)12-24-11-18-21-16-5-3-4-6-17(16)25-18/h3-10,13H,11-12H2,1-2H3. The summed E-state index contributed by atoms with van der Waals surface area (Å²) in [5, 5.41) is 0.850. The molecule has 0 radical (unpaired) electrons. The average Bonchev–Trinajstić information content (AvgIpc) is 3.03. The van der Waals surface area contributed by atoms with Crippen LogP contribution in [0.25, 0.3) is 10.2 Å². The second kappa shape index (κ2) is 7.72. The Balaban J connectivity index is 1.53. The van der Waals surface area contributed by atoms with Crippen LogP contribution in [0.15, 0.2) is 48.5 Å². The minimum absolute atomic E-state index is 0.0159. The van der Waals surface area contributed by atoms with Gasteiger partial charge in [-0.05, 0) is 36.8 Å². The van der Waals surface area contributed by atoms with Crippen molar-refractivity contribution >= 4 is 27.5 Å². The van der Waals surface area contributed by atoms with Crippen molar-refractivity contribution < 1.29 is 13.9 Å². The van der Waals surface area contributed by atoms with Gasteiger partial charge in [-0.25, -0.2) is 9.37 Å². The van der Waals surface area contributed by atoms with E-state index in [9.17, 15) is 9.18 Å². The lowest BCUT2D eigenvalue weighted by Crippen LogP contribution is -2.32. The fourth-order valence-corrected chi connectivity index (χ4v) is 3.39. The van der Waals surface area contributed by atoms with E-state index < -0.39 is 0 Å². The van der Waals surface area contributed by atoms with Gasteiger partial charge in [0.15, 0.2) is 0 Å². The van der Waals surface area contributed by atoms with Crippen LogP contribution in [-0.2, 0) is 16.1 Å². The molecule has 0 aliphatic carbocycles. The summed E-state index contributed by atoms with van der Waals surface area (Å²) in [6.45, 7) is 2.19. The van der Waals surface area contributed by atoms with Crippen molar-refractivity contribution in [3.8, 4) is 0 Å². The van der Waals surface area contributed by atoms with Crippen LogP contribution in [0.1, 0.15) is 23.5 Å². The molecule has 3 rings (SSSR count). The Hall–Kier alpha value is -2.31. The zero-order chi connectivity index (χ0) is 17.8. The number of carbonyl (C=O) groups is 1. The summed E-state index contributed by atoms with van der Waals surface area (Å²) in [6, 6.07) is 13.9. The molecule has 130 valence electrons. The van der Waals surface area contributed by atoms with E-state index in [1.807, 2.05) is 31.2 Å². The van der Waals surface area contributed by atoms with Crippen LogP contribution in [0, 0.1) is 5.82 Å². The molecule has 1 aromatic heterocycles. The Morgan fingerprint density at radius 3 is 2.68 bits per heavy atom. The van der Waals surface area contributed by atoms with Crippen LogP contribution < -0.4 is 0 Å². The number of likely N-dealkylation sites (N-methyl/N-ethyl adjacent to an activating group) is 1. The number of nitrogens with zero attached hydrogens (tertiary/aromatic N) is 2. The summed E-state index contributed by atoms with van der Waals surface area (Å²) in [4.78, 5) is 18.4. The first-order valence-corrected chi connectivity index (χ1v) is 8.79. The molecule has 1 amide bonds. The normalized spacial score (nSPS) is 12.3. The number of ether oxygens (including phenoxy) is 1. The van der Waals surface area contributed by atoms with Crippen molar-refractivity contribution in [3.05, 3.63) is 64.9 Å². The molecule has 1 heterocycles. The zero-order valence-corrected chi connectivity index (χ0v) is 14.9. The molecule has 6 heteroatoms. The Morgan fingerprint density at radius 2 is 1.96 bits per heavy atom. The Kier molecular flexibility index (Phi) is 5.40. The molecule has 0 spiro atoms. The third kappa shape index (κ3) is 4.21. The van der Waals surface area contributed by atoms with E-state index in [0.717, 1.165) is 20.8 Å². The number of benzene rings is 2. The van der Waals surface area contributed by atoms with Gasteiger partial charge in [-0.15, -0.1) is 11.3 Å². The van der Waals surface area contributed by atoms with Crippen LogP contribution in [0.2, 0.25) is 0 Å². The lowest BCUT2D eigenvalue weighted by atomic mass is 10.1. The van der Waals surface area contributed by atoms with E-state index in [0.29, 0.717) is 6.61 Å². The largest absolute Gasteiger partial charge is 0.364 e. The number of rotatable bonds is 6.